The van der Waals surface area contributed by atoms with E-state index in [9.17, 15) is 14.9 Å². The summed E-state index contributed by atoms with van der Waals surface area (Å²) in [5.74, 6) is -0.205. The van der Waals surface area contributed by atoms with Crippen molar-refractivity contribution in [1.29, 1.82) is 0 Å². The Balaban J connectivity index is 1.55. The molecule has 0 saturated carbocycles. The second kappa shape index (κ2) is 7.23. The van der Waals surface area contributed by atoms with Crippen molar-refractivity contribution in [3.63, 3.8) is 0 Å². The average Bonchev–Trinajstić information content (AvgIpc) is 2.60. The van der Waals surface area contributed by atoms with E-state index in [1.807, 2.05) is 6.07 Å². The molecule has 0 saturated heterocycles. The highest BCUT2D eigenvalue weighted by Gasteiger charge is 2.18. The molecule has 0 atom stereocenters. The summed E-state index contributed by atoms with van der Waals surface area (Å²) >= 11 is 0. The summed E-state index contributed by atoms with van der Waals surface area (Å²) in [6.45, 7) is 2.41. The van der Waals surface area contributed by atoms with Crippen LogP contribution in [0.3, 0.4) is 0 Å². The van der Waals surface area contributed by atoms with Crippen molar-refractivity contribution in [3.8, 4) is 0 Å². The number of nitrogens with one attached hydrogen (secondary N) is 1. The number of anilines is 1. The number of amides is 1. The highest BCUT2D eigenvalue weighted by molar-refractivity contribution is 5.93. The van der Waals surface area contributed by atoms with Crippen LogP contribution in [0, 0.1) is 10.1 Å². The van der Waals surface area contributed by atoms with Crippen LogP contribution in [0.25, 0.3) is 0 Å². The molecule has 2 aromatic carbocycles. The molecule has 124 valence electrons. The van der Waals surface area contributed by atoms with Crippen LogP contribution in [-0.2, 0) is 17.8 Å². The maximum atomic E-state index is 12.1. The molecule has 1 aliphatic rings. The molecule has 6 heteroatoms. The third-order valence-electron chi connectivity index (χ3n) is 4.24. The molecule has 3 rings (SSSR count). The van der Waals surface area contributed by atoms with Gasteiger partial charge in [-0.3, -0.25) is 19.8 Å². The molecule has 0 spiro atoms. The van der Waals surface area contributed by atoms with Crippen molar-refractivity contribution >= 4 is 17.3 Å². The Morgan fingerprint density at radius 1 is 1.12 bits per heavy atom. The van der Waals surface area contributed by atoms with Crippen LogP contribution in [0.4, 0.5) is 11.4 Å². The quantitative estimate of drug-likeness (QED) is 0.677. The molecule has 0 aromatic heterocycles. The summed E-state index contributed by atoms with van der Waals surface area (Å²) in [5.41, 5.74) is 2.84. The third-order valence-corrected chi connectivity index (χ3v) is 4.24. The first kappa shape index (κ1) is 16.1. The minimum atomic E-state index is -0.489. The van der Waals surface area contributed by atoms with Gasteiger partial charge in [-0.15, -0.1) is 0 Å². The van der Waals surface area contributed by atoms with Crippen molar-refractivity contribution in [2.75, 3.05) is 18.4 Å². The predicted molar refractivity (Wildman–Crippen MR) is 91.8 cm³/mol. The monoisotopic (exact) mass is 325 g/mol. The predicted octanol–water partition coefficient (Wildman–Crippen LogP) is 2.98. The van der Waals surface area contributed by atoms with Crippen LogP contribution in [0.15, 0.2) is 48.5 Å². The first-order chi connectivity index (χ1) is 11.6. The average molecular weight is 325 g/mol. The van der Waals surface area contributed by atoms with E-state index in [0.717, 1.165) is 19.5 Å². The molecule has 1 aliphatic heterocycles. The normalized spacial score (nSPS) is 14.0. The Labute approximate surface area is 140 Å². The summed E-state index contributed by atoms with van der Waals surface area (Å²) in [6.07, 6.45) is 1.30. The van der Waals surface area contributed by atoms with Crippen molar-refractivity contribution in [2.45, 2.75) is 19.4 Å². The molecule has 0 bridgehead atoms. The second-order valence-corrected chi connectivity index (χ2v) is 5.87. The van der Waals surface area contributed by atoms with Crippen molar-refractivity contribution in [2.24, 2.45) is 0 Å². The van der Waals surface area contributed by atoms with Crippen LogP contribution in [0.2, 0.25) is 0 Å². The number of fused-ring (bicyclic) bond motifs is 1. The first-order valence-electron chi connectivity index (χ1n) is 7.96. The van der Waals surface area contributed by atoms with Gasteiger partial charge >= 0.3 is 0 Å². The number of rotatable bonds is 5. The van der Waals surface area contributed by atoms with Gasteiger partial charge in [0.25, 0.3) is 5.69 Å². The molecule has 0 unspecified atom stereocenters. The Kier molecular flexibility index (Phi) is 4.86. The Hall–Kier alpha value is -2.73. The van der Waals surface area contributed by atoms with E-state index in [2.05, 4.69) is 28.4 Å². The largest absolute Gasteiger partial charge is 0.320 e. The number of nitro benzene ring substituents is 1. The molecule has 1 heterocycles. The lowest BCUT2D eigenvalue weighted by atomic mass is 10.00. The van der Waals surface area contributed by atoms with Gasteiger partial charge in [0, 0.05) is 32.1 Å². The fourth-order valence-corrected chi connectivity index (χ4v) is 2.96. The summed E-state index contributed by atoms with van der Waals surface area (Å²) in [5, 5.41) is 13.6. The summed E-state index contributed by atoms with van der Waals surface area (Å²) in [4.78, 5) is 24.8. The van der Waals surface area contributed by atoms with Gasteiger partial charge in [-0.25, -0.2) is 0 Å². The SMILES string of the molecule is O=C(CCN1CCc2ccccc2C1)Nc1ccccc1[N+](=O)[O-]. The highest BCUT2D eigenvalue weighted by atomic mass is 16.6. The molecule has 0 aliphatic carbocycles. The number of hydrogen-bond acceptors (Lipinski definition) is 4. The zero-order chi connectivity index (χ0) is 16.9. The smallest absolute Gasteiger partial charge is 0.292 e. The fraction of sp³-hybridized carbons (Fsp3) is 0.278. The summed E-state index contributed by atoms with van der Waals surface area (Å²) < 4.78 is 0. The molecule has 1 N–H and O–H groups in total. The van der Waals surface area contributed by atoms with Gasteiger partial charge in [0.1, 0.15) is 5.69 Å². The number of carbonyl (C=O) groups is 1. The van der Waals surface area contributed by atoms with Gasteiger partial charge in [0.15, 0.2) is 0 Å². The molecule has 6 nitrogen and oxygen atoms in total. The number of para-hydroxylation sites is 2. The van der Waals surface area contributed by atoms with Crippen LogP contribution in [0.5, 0.6) is 0 Å². The summed E-state index contributed by atoms with van der Waals surface area (Å²) in [6, 6.07) is 14.5. The zero-order valence-corrected chi connectivity index (χ0v) is 13.3. The molecular formula is C18H19N3O3. The van der Waals surface area contributed by atoms with Crippen LogP contribution >= 0.6 is 0 Å². The fourth-order valence-electron chi connectivity index (χ4n) is 2.96. The third kappa shape index (κ3) is 3.78. The number of hydrogen-bond donors (Lipinski definition) is 1. The van der Waals surface area contributed by atoms with E-state index < -0.39 is 4.92 Å². The lowest BCUT2D eigenvalue weighted by Gasteiger charge is -2.28. The Bertz CT molecular complexity index is 761. The standard InChI is InChI=1S/C18H19N3O3/c22-18(19-16-7-3-4-8-17(16)21(23)24)10-12-20-11-9-14-5-1-2-6-15(14)13-20/h1-8H,9-13H2,(H,19,22). The van der Waals surface area contributed by atoms with E-state index in [0.29, 0.717) is 13.0 Å². The molecule has 0 fully saturated rings. The minimum Gasteiger partial charge on any atom is -0.320 e. The van der Waals surface area contributed by atoms with E-state index in [-0.39, 0.29) is 17.3 Å². The van der Waals surface area contributed by atoms with Gasteiger partial charge in [-0.1, -0.05) is 36.4 Å². The van der Waals surface area contributed by atoms with Gasteiger partial charge in [-0.05, 0) is 23.6 Å². The van der Waals surface area contributed by atoms with Crippen LogP contribution in [-0.4, -0.2) is 28.8 Å². The van der Waals surface area contributed by atoms with Gasteiger partial charge < -0.3 is 5.32 Å². The van der Waals surface area contributed by atoms with Crippen LogP contribution < -0.4 is 5.32 Å². The minimum absolute atomic E-state index is 0.0854. The van der Waals surface area contributed by atoms with Gasteiger partial charge in [0.05, 0.1) is 4.92 Å². The maximum absolute atomic E-state index is 12.1. The van der Waals surface area contributed by atoms with E-state index in [1.165, 1.54) is 17.2 Å². The molecule has 2 aromatic rings. The topological polar surface area (TPSA) is 75.5 Å². The van der Waals surface area contributed by atoms with Crippen molar-refractivity contribution in [3.05, 3.63) is 69.8 Å². The zero-order valence-electron chi connectivity index (χ0n) is 13.3. The number of benzene rings is 2. The van der Waals surface area contributed by atoms with Crippen molar-refractivity contribution in [1.82, 2.24) is 4.90 Å². The van der Waals surface area contributed by atoms with Gasteiger partial charge in [-0.2, -0.15) is 0 Å². The van der Waals surface area contributed by atoms with Crippen LogP contribution in [0.1, 0.15) is 17.5 Å². The van der Waals surface area contributed by atoms with E-state index >= 15 is 0 Å². The first-order valence-corrected chi connectivity index (χ1v) is 7.96. The van der Waals surface area contributed by atoms with E-state index in [4.69, 9.17) is 0 Å². The number of carbonyl (C=O) groups excluding carboxylic acids is 1. The molecule has 1 amide bonds. The lowest BCUT2D eigenvalue weighted by molar-refractivity contribution is -0.383. The Morgan fingerprint density at radius 2 is 1.83 bits per heavy atom. The lowest BCUT2D eigenvalue weighted by Crippen LogP contribution is -2.33. The highest BCUT2D eigenvalue weighted by Crippen LogP contribution is 2.23. The van der Waals surface area contributed by atoms with E-state index in [1.54, 1.807) is 18.2 Å². The Morgan fingerprint density at radius 3 is 2.62 bits per heavy atom. The molecular weight excluding hydrogens is 306 g/mol. The summed E-state index contributed by atoms with van der Waals surface area (Å²) in [7, 11) is 0. The maximum Gasteiger partial charge on any atom is 0.292 e. The van der Waals surface area contributed by atoms with Crippen molar-refractivity contribution < 1.29 is 9.72 Å². The number of nitrogens with zero attached hydrogens (tertiary/aromatic N) is 2. The molecule has 24 heavy (non-hydrogen) atoms. The molecule has 0 radical (unpaired) electrons. The van der Waals surface area contributed by atoms with Gasteiger partial charge in [0.2, 0.25) is 5.91 Å². The second-order valence-electron chi connectivity index (χ2n) is 5.87. The number of nitro groups is 1.